The highest BCUT2D eigenvalue weighted by atomic mass is 16.5. The van der Waals surface area contributed by atoms with Crippen LogP contribution in [0, 0.1) is 0 Å². The maximum Gasteiger partial charge on any atom is 0.293 e. The van der Waals surface area contributed by atoms with E-state index in [9.17, 15) is 4.79 Å². The monoisotopic (exact) mass is 158 g/mol. The summed E-state index contributed by atoms with van der Waals surface area (Å²) in [4.78, 5) is 9.60. The van der Waals surface area contributed by atoms with Crippen molar-refractivity contribution >= 4 is 6.47 Å². The van der Waals surface area contributed by atoms with Crippen LogP contribution < -0.4 is 0 Å². The number of rotatable bonds is 1. The Hall–Kier alpha value is -0.530. The SMILES string of the molecule is C1CCC1.CC(C)(C)OC=O. The van der Waals surface area contributed by atoms with Crippen LogP contribution in [0.25, 0.3) is 0 Å². The van der Waals surface area contributed by atoms with Crippen molar-refractivity contribution in [2.75, 3.05) is 0 Å². The van der Waals surface area contributed by atoms with Crippen LogP contribution in [0.5, 0.6) is 0 Å². The summed E-state index contributed by atoms with van der Waals surface area (Å²) in [6, 6.07) is 0. The second-order valence-corrected chi connectivity index (χ2v) is 3.74. The van der Waals surface area contributed by atoms with Gasteiger partial charge in [0.2, 0.25) is 0 Å². The van der Waals surface area contributed by atoms with E-state index >= 15 is 0 Å². The lowest BCUT2D eigenvalue weighted by molar-refractivity contribution is -0.138. The molecule has 0 unspecified atom stereocenters. The molecule has 0 N–H and O–H groups in total. The molecule has 0 bridgehead atoms. The molecule has 1 aliphatic carbocycles. The van der Waals surface area contributed by atoms with E-state index in [-0.39, 0.29) is 5.60 Å². The molecule has 2 nitrogen and oxygen atoms in total. The van der Waals surface area contributed by atoms with Gasteiger partial charge < -0.3 is 4.74 Å². The quantitative estimate of drug-likeness (QED) is 0.548. The Morgan fingerprint density at radius 3 is 1.45 bits per heavy atom. The highest BCUT2D eigenvalue weighted by Gasteiger charge is 2.07. The molecule has 66 valence electrons. The van der Waals surface area contributed by atoms with E-state index < -0.39 is 0 Å². The van der Waals surface area contributed by atoms with Gasteiger partial charge in [-0.05, 0) is 20.8 Å². The minimum atomic E-state index is -0.318. The van der Waals surface area contributed by atoms with Gasteiger partial charge in [0.05, 0.1) is 0 Å². The van der Waals surface area contributed by atoms with Gasteiger partial charge in [0.1, 0.15) is 5.60 Å². The van der Waals surface area contributed by atoms with Crippen molar-refractivity contribution in [3.8, 4) is 0 Å². The largest absolute Gasteiger partial charge is 0.462 e. The Bertz CT molecular complexity index is 94.6. The number of ether oxygens (including phenoxy) is 1. The molecule has 0 heterocycles. The van der Waals surface area contributed by atoms with Gasteiger partial charge in [-0.3, -0.25) is 4.79 Å². The third kappa shape index (κ3) is 9.47. The molecule has 0 radical (unpaired) electrons. The van der Waals surface area contributed by atoms with Crippen molar-refractivity contribution in [1.82, 2.24) is 0 Å². The first-order chi connectivity index (χ1) is 5.06. The van der Waals surface area contributed by atoms with Crippen LogP contribution in [0.2, 0.25) is 0 Å². The Kier molecular flexibility index (Phi) is 4.92. The summed E-state index contributed by atoms with van der Waals surface area (Å²) in [7, 11) is 0. The average molecular weight is 158 g/mol. The maximum absolute atomic E-state index is 9.60. The van der Waals surface area contributed by atoms with Crippen LogP contribution in [0.3, 0.4) is 0 Å². The maximum atomic E-state index is 9.60. The summed E-state index contributed by atoms with van der Waals surface area (Å²) in [5.41, 5.74) is -0.318. The average Bonchev–Trinajstić information content (AvgIpc) is 1.54. The molecule has 11 heavy (non-hydrogen) atoms. The van der Waals surface area contributed by atoms with Gasteiger partial charge in [0.25, 0.3) is 6.47 Å². The molecule has 0 aromatic heterocycles. The Balaban J connectivity index is 0.000000207. The van der Waals surface area contributed by atoms with Gasteiger partial charge in [-0.1, -0.05) is 25.7 Å². The normalized spacial score (nSPS) is 15.5. The van der Waals surface area contributed by atoms with Crippen LogP contribution in [0.1, 0.15) is 46.5 Å². The summed E-state index contributed by atoms with van der Waals surface area (Å²) >= 11 is 0. The van der Waals surface area contributed by atoms with Crippen molar-refractivity contribution in [3.05, 3.63) is 0 Å². The molecule has 0 aromatic carbocycles. The number of carbonyl (C=O) groups excluding carboxylic acids is 1. The Labute approximate surface area is 68.9 Å². The Morgan fingerprint density at radius 1 is 1.09 bits per heavy atom. The van der Waals surface area contributed by atoms with Crippen molar-refractivity contribution in [3.63, 3.8) is 0 Å². The molecule has 0 atom stereocenters. The topological polar surface area (TPSA) is 26.3 Å². The lowest BCUT2D eigenvalue weighted by atomic mass is 10.0. The van der Waals surface area contributed by atoms with Gasteiger partial charge in [-0.2, -0.15) is 0 Å². The highest BCUT2D eigenvalue weighted by Crippen LogP contribution is 2.15. The molecule has 1 saturated carbocycles. The summed E-state index contributed by atoms with van der Waals surface area (Å²) in [5, 5.41) is 0. The molecule has 0 aromatic rings. The fraction of sp³-hybridized carbons (Fsp3) is 0.889. The summed E-state index contributed by atoms with van der Waals surface area (Å²) in [6.45, 7) is 5.92. The highest BCUT2D eigenvalue weighted by molar-refractivity contribution is 5.37. The van der Waals surface area contributed by atoms with E-state index in [2.05, 4.69) is 4.74 Å². The molecule has 1 aliphatic rings. The third-order valence-electron chi connectivity index (χ3n) is 1.40. The molecular formula is C9H18O2. The van der Waals surface area contributed by atoms with E-state index in [0.29, 0.717) is 6.47 Å². The van der Waals surface area contributed by atoms with Gasteiger partial charge in [0, 0.05) is 0 Å². The fourth-order valence-corrected chi connectivity index (χ4v) is 0.394. The van der Waals surface area contributed by atoms with Crippen LogP contribution in [-0.2, 0) is 9.53 Å². The Morgan fingerprint density at radius 2 is 1.45 bits per heavy atom. The molecule has 2 heteroatoms. The van der Waals surface area contributed by atoms with Gasteiger partial charge in [-0.15, -0.1) is 0 Å². The van der Waals surface area contributed by atoms with Crippen molar-refractivity contribution in [1.29, 1.82) is 0 Å². The zero-order valence-corrected chi connectivity index (χ0v) is 7.72. The van der Waals surface area contributed by atoms with Crippen LogP contribution in [0.4, 0.5) is 0 Å². The molecule has 0 saturated heterocycles. The number of carbonyl (C=O) groups is 1. The smallest absolute Gasteiger partial charge is 0.293 e. The van der Waals surface area contributed by atoms with Crippen molar-refractivity contribution in [2.45, 2.75) is 52.1 Å². The van der Waals surface area contributed by atoms with E-state index in [1.807, 2.05) is 20.8 Å². The summed E-state index contributed by atoms with van der Waals surface area (Å²) in [5.74, 6) is 0. The lowest BCUT2D eigenvalue weighted by Gasteiger charge is -2.14. The van der Waals surface area contributed by atoms with Crippen LogP contribution >= 0.6 is 0 Å². The first-order valence-electron chi connectivity index (χ1n) is 4.18. The minimum Gasteiger partial charge on any atom is -0.462 e. The molecule has 0 amide bonds. The summed E-state index contributed by atoms with van der Waals surface area (Å²) in [6.07, 6.45) is 6.00. The molecule has 1 rings (SSSR count). The first-order valence-corrected chi connectivity index (χ1v) is 4.18. The predicted molar refractivity (Wildman–Crippen MR) is 45.4 cm³/mol. The van der Waals surface area contributed by atoms with E-state index in [4.69, 9.17) is 0 Å². The lowest BCUT2D eigenvalue weighted by Crippen LogP contribution is -2.17. The zero-order chi connectivity index (χ0) is 8.74. The fourth-order valence-electron chi connectivity index (χ4n) is 0.394. The summed E-state index contributed by atoms with van der Waals surface area (Å²) < 4.78 is 4.55. The van der Waals surface area contributed by atoms with Crippen LogP contribution in [0.15, 0.2) is 0 Å². The minimum absolute atomic E-state index is 0.318. The van der Waals surface area contributed by atoms with Gasteiger partial charge in [0.15, 0.2) is 0 Å². The molecule has 0 spiro atoms. The van der Waals surface area contributed by atoms with E-state index in [1.54, 1.807) is 0 Å². The third-order valence-corrected chi connectivity index (χ3v) is 1.40. The molecule has 1 fully saturated rings. The van der Waals surface area contributed by atoms with Gasteiger partial charge in [-0.25, -0.2) is 0 Å². The first kappa shape index (κ1) is 10.5. The van der Waals surface area contributed by atoms with E-state index in [0.717, 1.165) is 0 Å². The second kappa shape index (κ2) is 5.16. The second-order valence-electron chi connectivity index (χ2n) is 3.74. The van der Waals surface area contributed by atoms with Crippen molar-refractivity contribution in [2.24, 2.45) is 0 Å². The number of hydrogen-bond acceptors (Lipinski definition) is 2. The zero-order valence-electron chi connectivity index (χ0n) is 7.72. The van der Waals surface area contributed by atoms with Crippen LogP contribution in [-0.4, -0.2) is 12.1 Å². The molecular weight excluding hydrogens is 140 g/mol. The standard InChI is InChI=1S/C5H10O2.C4H8/c1-5(2,3)7-4-6;1-2-4-3-1/h4H,1-3H3;1-4H2. The van der Waals surface area contributed by atoms with E-state index in [1.165, 1.54) is 25.7 Å². The van der Waals surface area contributed by atoms with Crippen molar-refractivity contribution < 1.29 is 9.53 Å². The van der Waals surface area contributed by atoms with Gasteiger partial charge >= 0.3 is 0 Å². The molecule has 0 aliphatic heterocycles. The number of hydrogen-bond donors (Lipinski definition) is 0. The predicted octanol–water partition coefficient (Wildman–Crippen LogP) is 2.52.